The van der Waals surface area contributed by atoms with Gasteiger partial charge in [0.05, 0.1) is 17.7 Å². The highest BCUT2D eigenvalue weighted by atomic mass is 35.5. The van der Waals surface area contributed by atoms with Gasteiger partial charge in [-0.2, -0.15) is 0 Å². The van der Waals surface area contributed by atoms with Crippen molar-refractivity contribution in [2.45, 2.75) is 89.2 Å². The topological polar surface area (TPSA) is 57.4 Å². The zero-order valence-corrected chi connectivity index (χ0v) is 18.9. The van der Waals surface area contributed by atoms with Gasteiger partial charge in [0.15, 0.2) is 0 Å². The summed E-state index contributed by atoms with van der Waals surface area (Å²) in [4.78, 5) is 4.39. The van der Waals surface area contributed by atoms with Crippen LogP contribution in [0.25, 0.3) is 10.8 Å². The van der Waals surface area contributed by atoms with Crippen LogP contribution in [0.2, 0.25) is 5.02 Å². The first-order valence-corrected chi connectivity index (χ1v) is 12.1. The number of rotatable bonds is 7. The summed E-state index contributed by atoms with van der Waals surface area (Å²) in [5.74, 6) is 2.09. The van der Waals surface area contributed by atoms with Gasteiger partial charge in [-0.3, -0.25) is 0 Å². The zero-order chi connectivity index (χ0) is 21.0. The highest BCUT2D eigenvalue weighted by molar-refractivity contribution is 6.33. The molecule has 1 aromatic heterocycles. The second-order valence-corrected chi connectivity index (χ2v) is 9.61. The van der Waals surface area contributed by atoms with Crippen LogP contribution < -0.4 is 15.2 Å². The van der Waals surface area contributed by atoms with Crippen molar-refractivity contribution in [1.29, 1.82) is 0 Å². The lowest BCUT2D eigenvalue weighted by Crippen LogP contribution is -2.51. The first-order valence-electron chi connectivity index (χ1n) is 11.8. The molecule has 164 valence electrons. The maximum absolute atomic E-state index is 6.86. The van der Waals surface area contributed by atoms with E-state index in [1.54, 1.807) is 6.20 Å². The molecule has 2 aromatic rings. The summed E-state index contributed by atoms with van der Waals surface area (Å²) in [5, 5.41) is 2.60. The van der Waals surface area contributed by atoms with Crippen molar-refractivity contribution >= 4 is 22.4 Å². The number of aromatic nitrogens is 1. The Labute approximate surface area is 185 Å². The number of fused-ring (bicyclic) bond motifs is 1. The fraction of sp³-hybridized carbons (Fsp3) is 0.640. The molecule has 2 N–H and O–H groups in total. The number of hydrogen-bond donors (Lipinski definition) is 1. The zero-order valence-electron chi connectivity index (χ0n) is 18.2. The average Bonchev–Trinajstić information content (AvgIpc) is 2.77. The van der Waals surface area contributed by atoms with Gasteiger partial charge in [0, 0.05) is 17.1 Å². The Hall–Kier alpha value is -1.52. The van der Waals surface area contributed by atoms with E-state index in [-0.39, 0.29) is 11.6 Å². The third-order valence-corrected chi connectivity index (χ3v) is 7.39. The molecular formula is C25H35ClN2O2. The van der Waals surface area contributed by atoms with Gasteiger partial charge in [-0.25, -0.2) is 4.98 Å². The third kappa shape index (κ3) is 4.86. The van der Waals surface area contributed by atoms with Crippen molar-refractivity contribution in [3.8, 4) is 11.6 Å². The van der Waals surface area contributed by atoms with E-state index in [1.807, 2.05) is 18.2 Å². The molecule has 4 rings (SSSR count). The van der Waals surface area contributed by atoms with Crippen LogP contribution >= 0.6 is 11.6 Å². The summed E-state index contributed by atoms with van der Waals surface area (Å²) in [6, 6.07) is 5.94. The summed E-state index contributed by atoms with van der Waals surface area (Å²) >= 11 is 6.60. The second kappa shape index (κ2) is 9.74. The highest BCUT2D eigenvalue weighted by Gasteiger charge is 2.39. The van der Waals surface area contributed by atoms with Gasteiger partial charge in [0.2, 0.25) is 5.88 Å². The quantitative estimate of drug-likeness (QED) is 0.498. The number of ether oxygens (including phenoxy) is 2. The maximum atomic E-state index is 6.86. The predicted molar refractivity (Wildman–Crippen MR) is 124 cm³/mol. The van der Waals surface area contributed by atoms with Crippen LogP contribution in [0.5, 0.6) is 11.6 Å². The first kappa shape index (κ1) is 21.7. The van der Waals surface area contributed by atoms with Crippen molar-refractivity contribution in [3.63, 3.8) is 0 Å². The van der Waals surface area contributed by atoms with Crippen molar-refractivity contribution in [1.82, 2.24) is 4.98 Å². The molecule has 1 aromatic carbocycles. The number of benzene rings is 1. The lowest BCUT2D eigenvalue weighted by Gasteiger charge is -2.44. The van der Waals surface area contributed by atoms with Gasteiger partial charge in [-0.1, -0.05) is 44.2 Å². The summed E-state index contributed by atoms with van der Waals surface area (Å²) in [6.45, 7) is 2.82. The fourth-order valence-corrected chi connectivity index (χ4v) is 5.39. The number of nitrogens with two attached hydrogens (primary N) is 1. The Morgan fingerprint density at radius 3 is 2.63 bits per heavy atom. The monoisotopic (exact) mass is 430 g/mol. The molecule has 0 aliphatic heterocycles. The summed E-state index contributed by atoms with van der Waals surface area (Å²) in [6.07, 6.45) is 14.8. The third-order valence-electron chi connectivity index (χ3n) is 7.09. The molecule has 0 radical (unpaired) electrons. The predicted octanol–water partition coefficient (Wildman–Crippen LogP) is 6.67. The van der Waals surface area contributed by atoms with Crippen molar-refractivity contribution in [2.24, 2.45) is 11.7 Å². The SMILES string of the molecule is CCCCOc1nccc2cc(OC3CCC(N)(C4CCCCC4)CC3)c(Cl)cc12. The van der Waals surface area contributed by atoms with Gasteiger partial charge in [-0.05, 0) is 74.4 Å². The summed E-state index contributed by atoms with van der Waals surface area (Å²) in [5.41, 5.74) is 6.86. The van der Waals surface area contributed by atoms with Crippen LogP contribution in [0.4, 0.5) is 0 Å². The second-order valence-electron chi connectivity index (χ2n) is 9.21. The molecule has 2 saturated carbocycles. The van der Waals surface area contributed by atoms with E-state index in [4.69, 9.17) is 26.8 Å². The van der Waals surface area contributed by atoms with E-state index in [0.717, 1.165) is 55.0 Å². The van der Waals surface area contributed by atoms with Gasteiger partial charge in [-0.15, -0.1) is 0 Å². The summed E-state index contributed by atoms with van der Waals surface area (Å²) < 4.78 is 12.2. The van der Waals surface area contributed by atoms with Crippen molar-refractivity contribution in [3.05, 3.63) is 29.4 Å². The number of unbranched alkanes of at least 4 members (excludes halogenated alkanes) is 1. The van der Waals surface area contributed by atoms with Crippen LogP contribution in [0.1, 0.15) is 77.6 Å². The normalized spacial score (nSPS) is 25.4. The number of halogens is 1. The number of pyridine rings is 1. The van der Waals surface area contributed by atoms with E-state index in [0.29, 0.717) is 23.4 Å². The van der Waals surface area contributed by atoms with Crippen LogP contribution in [0.15, 0.2) is 24.4 Å². The molecular weight excluding hydrogens is 396 g/mol. The molecule has 0 bridgehead atoms. The molecule has 0 unspecified atom stereocenters. The smallest absolute Gasteiger partial charge is 0.221 e. The van der Waals surface area contributed by atoms with Gasteiger partial charge >= 0.3 is 0 Å². The Bertz CT molecular complexity index is 842. The fourth-order valence-electron chi connectivity index (χ4n) is 5.18. The minimum atomic E-state index is 0.00383. The standard InChI is InChI=1S/C25H35ClN2O2/c1-2-3-15-29-24-21-17-22(26)23(16-18(21)11-14-28-24)30-20-9-12-25(27,13-10-20)19-7-5-4-6-8-19/h11,14,16-17,19-20H,2-10,12-13,15,27H2,1H3. The molecule has 30 heavy (non-hydrogen) atoms. The molecule has 0 amide bonds. The molecule has 4 nitrogen and oxygen atoms in total. The van der Waals surface area contributed by atoms with Gasteiger partial charge in [0.25, 0.3) is 0 Å². The molecule has 5 heteroatoms. The van der Waals surface area contributed by atoms with E-state index >= 15 is 0 Å². The lowest BCUT2D eigenvalue weighted by molar-refractivity contribution is 0.0785. The molecule has 2 aliphatic rings. The van der Waals surface area contributed by atoms with E-state index < -0.39 is 0 Å². The van der Waals surface area contributed by atoms with Gasteiger partial charge < -0.3 is 15.2 Å². The number of nitrogens with zero attached hydrogens (tertiary/aromatic N) is 1. The number of hydrogen-bond acceptors (Lipinski definition) is 4. The first-order chi connectivity index (χ1) is 14.6. The molecule has 0 atom stereocenters. The van der Waals surface area contributed by atoms with Crippen LogP contribution in [-0.4, -0.2) is 23.2 Å². The van der Waals surface area contributed by atoms with Crippen molar-refractivity contribution < 1.29 is 9.47 Å². The van der Waals surface area contributed by atoms with E-state index in [9.17, 15) is 0 Å². The van der Waals surface area contributed by atoms with E-state index in [1.165, 1.54) is 32.1 Å². The Kier molecular flexibility index (Phi) is 7.05. The highest BCUT2D eigenvalue weighted by Crippen LogP contribution is 2.42. The van der Waals surface area contributed by atoms with Crippen LogP contribution in [0.3, 0.4) is 0 Å². The largest absolute Gasteiger partial charge is 0.489 e. The molecule has 1 heterocycles. The minimum absolute atomic E-state index is 0.00383. The Morgan fingerprint density at radius 1 is 1.13 bits per heavy atom. The molecule has 0 spiro atoms. The molecule has 0 saturated heterocycles. The van der Waals surface area contributed by atoms with Crippen LogP contribution in [0, 0.1) is 5.92 Å². The Morgan fingerprint density at radius 2 is 1.90 bits per heavy atom. The molecule has 2 aliphatic carbocycles. The minimum Gasteiger partial charge on any atom is -0.489 e. The van der Waals surface area contributed by atoms with Crippen molar-refractivity contribution in [2.75, 3.05) is 6.61 Å². The van der Waals surface area contributed by atoms with Crippen LogP contribution in [-0.2, 0) is 0 Å². The Balaban J connectivity index is 1.42. The lowest BCUT2D eigenvalue weighted by atomic mass is 9.67. The maximum Gasteiger partial charge on any atom is 0.221 e. The average molecular weight is 431 g/mol. The summed E-state index contributed by atoms with van der Waals surface area (Å²) in [7, 11) is 0. The molecule has 2 fully saturated rings. The van der Waals surface area contributed by atoms with Gasteiger partial charge in [0.1, 0.15) is 5.75 Å². The van der Waals surface area contributed by atoms with E-state index in [2.05, 4.69) is 11.9 Å².